The van der Waals surface area contributed by atoms with Crippen LogP contribution in [0.1, 0.15) is 17.0 Å². The summed E-state index contributed by atoms with van der Waals surface area (Å²) in [7, 11) is 0. The number of hydrogen-bond acceptors (Lipinski definition) is 4. The average molecular weight is 398 g/mol. The first-order valence-electron chi connectivity index (χ1n) is 7.71. The van der Waals surface area contributed by atoms with Gasteiger partial charge in [-0.2, -0.15) is 4.98 Å². The lowest BCUT2D eigenvalue weighted by Gasteiger charge is -1.98. The van der Waals surface area contributed by atoms with E-state index in [1.807, 2.05) is 55.5 Å². The van der Waals surface area contributed by atoms with Crippen molar-refractivity contribution in [3.8, 4) is 11.4 Å². The lowest BCUT2D eigenvalue weighted by molar-refractivity contribution is -0.116. The smallest absolute Gasteiger partial charge is 0.246 e. The van der Waals surface area contributed by atoms with Gasteiger partial charge in [0.05, 0.1) is 6.54 Å². The first-order chi connectivity index (χ1) is 12.1. The molecule has 0 radical (unpaired) electrons. The standard InChI is InChI=1S/C19H16BrN3O2/c1-13-5-7-14(8-6-13)9-10-17(24)21-12-18-22-19(23-25-18)15-3-2-4-16(20)11-15/h2-11H,12H2,1H3,(H,21,24)/b10-9+. The average Bonchev–Trinajstić information content (AvgIpc) is 3.08. The first kappa shape index (κ1) is 17.1. The fourth-order valence-electron chi connectivity index (χ4n) is 2.14. The Hall–Kier alpha value is -2.73. The van der Waals surface area contributed by atoms with Crippen LogP contribution >= 0.6 is 15.9 Å². The third-order valence-corrected chi connectivity index (χ3v) is 3.96. The van der Waals surface area contributed by atoms with Gasteiger partial charge in [0, 0.05) is 16.1 Å². The Bertz CT molecular complexity index is 901. The molecule has 3 aromatic rings. The molecule has 0 bridgehead atoms. The maximum atomic E-state index is 11.9. The van der Waals surface area contributed by atoms with Crippen molar-refractivity contribution in [1.82, 2.24) is 15.5 Å². The Morgan fingerprint density at radius 2 is 2.04 bits per heavy atom. The molecule has 1 N–H and O–H groups in total. The van der Waals surface area contributed by atoms with Crippen molar-refractivity contribution >= 4 is 27.9 Å². The largest absolute Gasteiger partial charge is 0.343 e. The molecule has 0 saturated carbocycles. The van der Waals surface area contributed by atoms with E-state index in [4.69, 9.17) is 4.52 Å². The molecule has 0 unspecified atom stereocenters. The van der Waals surface area contributed by atoms with Crippen LogP contribution < -0.4 is 5.32 Å². The highest BCUT2D eigenvalue weighted by molar-refractivity contribution is 9.10. The van der Waals surface area contributed by atoms with Crippen LogP contribution in [0.25, 0.3) is 17.5 Å². The summed E-state index contributed by atoms with van der Waals surface area (Å²) in [5, 5.41) is 6.66. The van der Waals surface area contributed by atoms with Crippen LogP contribution in [0, 0.1) is 6.92 Å². The van der Waals surface area contributed by atoms with Gasteiger partial charge < -0.3 is 9.84 Å². The van der Waals surface area contributed by atoms with Gasteiger partial charge in [0.1, 0.15) is 0 Å². The first-order valence-corrected chi connectivity index (χ1v) is 8.50. The van der Waals surface area contributed by atoms with Crippen LogP contribution in [0.4, 0.5) is 0 Å². The van der Waals surface area contributed by atoms with Gasteiger partial charge in [-0.25, -0.2) is 0 Å². The molecule has 1 heterocycles. The fourth-order valence-corrected chi connectivity index (χ4v) is 2.54. The van der Waals surface area contributed by atoms with Crippen molar-refractivity contribution in [1.29, 1.82) is 0 Å². The Morgan fingerprint density at radius 3 is 2.80 bits per heavy atom. The van der Waals surface area contributed by atoms with Gasteiger partial charge in [-0.05, 0) is 30.7 Å². The molecule has 3 rings (SSSR count). The quantitative estimate of drug-likeness (QED) is 0.656. The van der Waals surface area contributed by atoms with Gasteiger partial charge in [0.15, 0.2) is 0 Å². The van der Waals surface area contributed by atoms with E-state index in [9.17, 15) is 4.79 Å². The zero-order valence-corrected chi connectivity index (χ0v) is 15.2. The summed E-state index contributed by atoms with van der Waals surface area (Å²) < 4.78 is 6.11. The molecule has 0 saturated heterocycles. The summed E-state index contributed by atoms with van der Waals surface area (Å²) in [6.07, 6.45) is 3.24. The van der Waals surface area contributed by atoms with Crippen LogP contribution in [0.5, 0.6) is 0 Å². The molecule has 0 atom stereocenters. The van der Waals surface area contributed by atoms with Gasteiger partial charge in [0.2, 0.25) is 17.6 Å². The van der Waals surface area contributed by atoms with Gasteiger partial charge in [0.25, 0.3) is 0 Å². The van der Waals surface area contributed by atoms with Crippen LogP contribution in [-0.4, -0.2) is 16.0 Å². The summed E-state index contributed by atoms with van der Waals surface area (Å²) in [6, 6.07) is 15.5. The highest BCUT2D eigenvalue weighted by Gasteiger charge is 2.09. The lowest BCUT2D eigenvalue weighted by Crippen LogP contribution is -2.20. The minimum Gasteiger partial charge on any atom is -0.343 e. The van der Waals surface area contributed by atoms with E-state index in [1.54, 1.807) is 6.08 Å². The molecule has 25 heavy (non-hydrogen) atoms. The van der Waals surface area contributed by atoms with Crippen molar-refractivity contribution in [3.63, 3.8) is 0 Å². The van der Waals surface area contributed by atoms with Gasteiger partial charge >= 0.3 is 0 Å². The van der Waals surface area contributed by atoms with Crippen LogP contribution in [0.3, 0.4) is 0 Å². The van der Waals surface area contributed by atoms with Crippen molar-refractivity contribution in [3.05, 3.63) is 76.1 Å². The van der Waals surface area contributed by atoms with E-state index in [2.05, 4.69) is 31.4 Å². The molecule has 0 aliphatic carbocycles. The Kier molecular flexibility index (Phi) is 5.40. The molecule has 6 heteroatoms. The molecule has 2 aromatic carbocycles. The second-order valence-corrected chi connectivity index (χ2v) is 6.40. The Balaban J connectivity index is 1.56. The van der Waals surface area contributed by atoms with E-state index in [-0.39, 0.29) is 12.5 Å². The third-order valence-electron chi connectivity index (χ3n) is 3.47. The predicted molar refractivity (Wildman–Crippen MR) is 99.5 cm³/mol. The number of halogens is 1. The SMILES string of the molecule is Cc1ccc(/C=C/C(=O)NCc2nc(-c3cccc(Br)c3)no2)cc1. The Morgan fingerprint density at radius 1 is 1.24 bits per heavy atom. The zero-order valence-electron chi connectivity index (χ0n) is 13.6. The minimum absolute atomic E-state index is 0.179. The van der Waals surface area contributed by atoms with Gasteiger partial charge in [-0.3, -0.25) is 4.79 Å². The van der Waals surface area contributed by atoms with Gasteiger partial charge in [-0.15, -0.1) is 0 Å². The number of benzene rings is 2. The monoisotopic (exact) mass is 397 g/mol. The molecule has 0 spiro atoms. The topological polar surface area (TPSA) is 68.0 Å². The molecule has 5 nitrogen and oxygen atoms in total. The molecule has 0 aliphatic rings. The molecular weight excluding hydrogens is 382 g/mol. The molecule has 126 valence electrons. The van der Waals surface area contributed by atoms with Crippen LogP contribution in [0.15, 0.2) is 63.6 Å². The van der Waals surface area contributed by atoms with Crippen molar-refractivity contribution in [2.45, 2.75) is 13.5 Å². The van der Waals surface area contributed by atoms with Crippen molar-refractivity contribution in [2.75, 3.05) is 0 Å². The van der Waals surface area contributed by atoms with Crippen LogP contribution in [-0.2, 0) is 11.3 Å². The predicted octanol–water partition coefficient (Wildman–Crippen LogP) is 4.14. The molecule has 1 amide bonds. The highest BCUT2D eigenvalue weighted by atomic mass is 79.9. The lowest BCUT2D eigenvalue weighted by atomic mass is 10.1. The maximum Gasteiger partial charge on any atom is 0.246 e. The zero-order chi connectivity index (χ0) is 17.6. The van der Waals surface area contributed by atoms with Crippen molar-refractivity contribution < 1.29 is 9.32 Å². The number of carbonyl (C=O) groups is 1. The second kappa shape index (κ2) is 7.90. The number of nitrogens with zero attached hydrogens (tertiary/aromatic N) is 2. The van der Waals surface area contributed by atoms with E-state index in [0.717, 1.165) is 15.6 Å². The summed E-state index contributed by atoms with van der Waals surface area (Å²) in [5.41, 5.74) is 2.99. The second-order valence-electron chi connectivity index (χ2n) is 5.48. The van der Waals surface area contributed by atoms with E-state index < -0.39 is 0 Å². The Labute approximate surface area is 153 Å². The number of aromatic nitrogens is 2. The number of hydrogen-bond donors (Lipinski definition) is 1. The maximum absolute atomic E-state index is 11.9. The fraction of sp³-hybridized carbons (Fsp3) is 0.105. The van der Waals surface area contributed by atoms with E-state index in [0.29, 0.717) is 11.7 Å². The van der Waals surface area contributed by atoms with Crippen LogP contribution in [0.2, 0.25) is 0 Å². The number of rotatable bonds is 5. The minimum atomic E-state index is -0.220. The number of carbonyl (C=O) groups excluding carboxylic acids is 1. The summed E-state index contributed by atoms with van der Waals surface area (Å²) in [5.74, 6) is 0.621. The molecule has 1 aromatic heterocycles. The third kappa shape index (κ3) is 4.87. The summed E-state index contributed by atoms with van der Waals surface area (Å²) in [4.78, 5) is 16.2. The van der Waals surface area contributed by atoms with E-state index >= 15 is 0 Å². The van der Waals surface area contributed by atoms with Gasteiger partial charge in [-0.1, -0.05) is 63.0 Å². The highest BCUT2D eigenvalue weighted by Crippen LogP contribution is 2.20. The number of aryl methyl sites for hydroxylation is 1. The number of nitrogens with one attached hydrogen (secondary N) is 1. The molecule has 0 aliphatic heterocycles. The number of amides is 1. The summed E-state index contributed by atoms with van der Waals surface area (Å²) in [6.45, 7) is 2.20. The normalized spacial score (nSPS) is 11.0. The molecular formula is C19H16BrN3O2. The summed E-state index contributed by atoms with van der Waals surface area (Å²) >= 11 is 3.41. The molecule has 0 fully saturated rings. The van der Waals surface area contributed by atoms with E-state index in [1.165, 1.54) is 11.6 Å². The van der Waals surface area contributed by atoms with Crippen molar-refractivity contribution in [2.24, 2.45) is 0 Å².